The van der Waals surface area contributed by atoms with Crippen LogP contribution in [0.15, 0.2) is 62.1 Å². The number of nitrogens with one attached hydrogen (secondary N) is 2. The van der Waals surface area contributed by atoms with Crippen molar-refractivity contribution in [1.29, 1.82) is 0 Å². The molecule has 1 aromatic carbocycles. The van der Waals surface area contributed by atoms with Gasteiger partial charge in [0.1, 0.15) is 29.4 Å². The Kier molecular flexibility index (Phi) is 9.52. The van der Waals surface area contributed by atoms with Gasteiger partial charge < -0.3 is 41.4 Å². The van der Waals surface area contributed by atoms with Gasteiger partial charge in [0.15, 0.2) is 28.2 Å². The molecule has 0 radical (unpaired) electrons. The van der Waals surface area contributed by atoms with E-state index in [2.05, 4.69) is 26.0 Å². The van der Waals surface area contributed by atoms with Crippen molar-refractivity contribution in [3.8, 4) is 11.5 Å². The van der Waals surface area contributed by atoms with Crippen LogP contribution in [0.25, 0.3) is 0 Å². The highest BCUT2D eigenvalue weighted by Crippen LogP contribution is 2.42. The highest BCUT2D eigenvalue weighted by Gasteiger charge is 2.54. The summed E-state index contributed by atoms with van der Waals surface area (Å²) in [4.78, 5) is 77.0. The molecule has 9 N–H and O–H groups in total. The van der Waals surface area contributed by atoms with E-state index in [0.29, 0.717) is 22.1 Å². The fourth-order valence-corrected chi connectivity index (χ4v) is 8.26. The number of aliphatic imine (C=N–C) groups is 1. The predicted molar refractivity (Wildman–Crippen MR) is 181 cm³/mol. The molecule has 51 heavy (non-hydrogen) atoms. The zero-order chi connectivity index (χ0) is 36.7. The molecule has 0 spiro atoms. The second-order valence-corrected chi connectivity index (χ2v) is 13.8. The summed E-state index contributed by atoms with van der Waals surface area (Å²) in [6.45, 7) is 1.03. The lowest BCUT2D eigenvalue weighted by Crippen LogP contribution is -2.71. The highest BCUT2D eigenvalue weighted by molar-refractivity contribution is 8.03. The van der Waals surface area contributed by atoms with Crippen LogP contribution in [0.1, 0.15) is 28.5 Å². The van der Waals surface area contributed by atoms with E-state index in [0.717, 1.165) is 33.4 Å². The fraction of sp³-hybridized carbons (Fsp3) is 0.214. The predicted octanol–water partition coefficient (Wildman–Crippen LogP) is 1.06. The number of anilines is 1. The Morgan fingerprint density at radius 1 is 1.20 bits per heavy atom. The molecule has 266 valence electrons. The molecule has 4 aliphatic heterocycles. The van der Waals surface area contributed by atoms with Crippen LogP contribution >= 0.6 is 34.9 Å². The fourth-order valence-electron chi connectivity index (χ4n) is 5.16. The van der Waals surface area contributed by atoms with Crippen LogP contribution in [0, 0.1) is 0 Å². The first kappa shape index (κ1) is 35.1. The number of nitrogen functional groups attached to an aromatic ring is 1. The van der Waals surface area contributed by atoms with Crippen molar-refractivity contribution in [3.63, 3.8) is 0 Å². The third-order valence-electron chi connectivity index (χ3n) is 7.50. The zero-order valence-electron chi connectivity index (χ0n) is 25.8. The molecule has 0 unspecified atom stereocenters. The number of phenols is 2. The number of carboxylic acid groups (broad SMARTS) is 3. The monoisotopic (exact) mass is 759 g/mol. The highest BCUT2D eigenvalue weighted by atomic mass is 32.2. The van der Waals surface area contributed by atoms with E-state index in [4.69, 9.17) is 10.6 Å². The number of nitrogens with zero attached hydrogens (tertiary/aromatic N) is 6. The molecule has 5 heterocycles. The van der Waals surface area contributed by atoms with Crippen LogP contribution in [0.4, 0.5) is 9.93 Å². The Morgan fingerprint density at radius 2 is 1.96 bits per heavy atom. The number of aromatic nitrogens is 1. The number of phenolic OH excluding ortho intramolecular Hbond substituents is 2. The quantitative estimate of drug-likeness (QED) is 0.0687. The van der Waals surface area contributed by atoms with Gasteiger partial charge in [0.2, 0.25) is 0 Å². The molecule has 1 aromatic heterocycles. The van der Waals surface area contributed by atoms with Gasteiger partial charge in [-0.3, -0.25) is 14.5 Å². The van der Waals surface area contributed by atoms with Gasteiger partial charge in [0, 0.05) is 22.6 Å². The number of fused-ring (bicyclic) bond motifs is 2. The number of thiazole rings is 1. The Morgan fingerprint density at radius 3 is 2.63 bits per heavy atom. The third kappa shape index (κ3) is 6.73. The topological polar surface area (TPSA) is 293 Å². The Balaban J connectivity index is 1.17. The van der Waals surface area contributed by atoms with E-state index in [1.165, 1.54) is 40.1 Å². The number of aliphatic carboxylic acids is 1. The van der Waals surface area contributed by atoms with Crippen molar-refractivity contribution in [1.82, 2.24) is 30.8 Å². The second kappa shape index (κ2) is 13.9. The first-order chi connectivity index (χ1) is 24.2. The molecule has 0 bridgehead atoms. The summed E-state index contributed by atoms with van der Waals surface area (Å²) in [5.41, 5.74) is 7.93. The number of aromatic hydroxyl groups is 2. The number of hydrogen-bond donors (Lipinski definition) is 8. The number of benzene rings is 1. The first-order valence-corrected chi connectivity index (χ1v) is 17.3. The second-order valence-electron chi connectivity index (χ2n) is 10.8. The van der Waals surface area contributed by atoms with Gasteiger partial charge in [-0.1, -0.05) is 5.16 Å². The SMILES string of the molecule is CC1=NC2=CN(C(=O)O)NN2C(SCC2=C(C(=O)O)N3C(=O)[C@@H](NC(=O)/C(=N\OCc4c(C(=O)O)ccc(O)c4O)c4csc(N)n4)[C@H]3SC2)=C1. The van der Waals surface area contributed by atoms with Crippen molar-refractivity contribution in [2.24, 2.45) is 10.1 Å². The summed E-state index contributed by atoms with van der Waals surface area (Å²) in [5.74, 6) is -5.19. The molecule has 0 aliphatic carbocycles. The van der Waals surface area contributed by atoms with E-state index >= 15 is 0 Å². The number of carbonyl (C=O) groups excluding carboxylic acids is 2. The lowest BCUT2D eigenvalue weighted by atomic mass is 10.0. The lowest BCUT2D eigenvalue weighted by Gasteiger charge is -2.49. The Labute approximate surface area is 298 Å². The Bertz CT molecular complexity index is 2040. The number of nitrogens with two attached hydrogens (primary N) is 1. The molecule has 23 heteroatoms. The van der Waals surface area contributed by atoms with E-state index in [9.17, 15) is 49.5 Å². The molecule has 3 amide bonds. The number of β-lactam (4-membered cyclic amide) rings is 1. The molecule has 4 aliphatic rings. The van der Waals surface area contributed by atoms with E-state index < -0.39 is 70.6 Å². The number of allylic oxidation sites excluding steroid dienone is 1. The number of oxime groups is 1. The minimum absolute atomic E-state index is 0.0479. The van der Waals surface area contributed by atoms with Crippen molar-refractivity contribution < 1.29 is 54.3 Å². The van der Waals surface area contributed by atoms with Gasteiger partial charge >= 0.3 is 18.0 Å². The Hall–Kier alpha value is -5.78. The van der Waals surface area contributed by atoms with Crippen molar-refractivity contribution in [3.05, 3.63) is 68.7 Å². The van der Waals surface area contributed by atoms with Gasteiger partial charge in [-0.25, -0.2) is 29.4 Å². The smallest absolute Gasteiger partial charge is 0.427 e. The number of hydrogen-bond acceptors (Lipinski definition) is 17. The van der Waals surface area contributed by atoms with Crippen LogP contribution in [0.3, 0.4) is 0 Å². The molecule has 2 aromatic rings. The van der Waals surface area contributed by atoms with Crippen LogP contribution in [-0.4, -0.2) is 110 Å². The first-order valence-electron chi connectivity index (χ1n) is 14.3. The normalized spacial score (nSPS) is 19.8. The van der Waals surface area contributed by atoms with Crippen LogP contribution < -0.4 is 16.6 Å². The summed E-state index contributed by atoms with van der Waals surface area (Å²) in [7, 11) is 0. The largest absolute Gasteiger partial charge is 0.504 e. The molecule has 1 saturated heterocycles. The van der Waals surface area contributed by atoms with E-state index in [-0.39, 0.29) is 33.6 Å². The summed E-state index contributed by atoms with van der Waals surface area (Å²) < 4.78 is 0. The zero-order valence-corrected chi connectivity index (χ0v) is 28.3. The van der Waals surface area contributed by atoms with Crippen molar-refractivity contribution in [2.45, 2.75) is 24.9 Å². The van der Waals surface area contributed by atoms with Gasteiger partial charge in [-0.05, 0) is 30.7 Å². The van der Waals surface area contributed by atoms with Gasteiger partial charge in [0.25, 0.3) is 11.8 Å². The summed E-state index contributed by atoms with van der Waals surface area (Å²) in [6, 6.07) is 0.852. The summed E-state index contributed by atoms with van der Waals surface area (Å²) >= 11 is 3.39. The maximum absolute atomic E-state index is 13.5. The average molecular weight is 760 g/mol. The van der Waals surface area contributed by atoms with Crippen molar-refractivity contribution >= 4 is 81.3 Å². The number of carboxylic acids is 2. The summed E-state index contributed by atoms with van der Waals surface area (Å²) in [6.07, 6.45) is 1.72. The minimum Gasteiger partial charge on any atom is -0.504 e. The van der Waals surface area contributed by atoms with Crippen LogP contribution in [0.2, 0.25) is 0 Å². The van der Waals surface area contributed by atoms with E-state index in [1.54, 1.807) is 13.0 Å². The molecule has 20 nitrogen and oxygen atoms in total. The molecule has 2 atom stereocenters. The van der Waals surface area contributed by atoms with Crippen molar-refractivity contribution in [2.75, 3.05) is 17.2 Å². The molecule has 0 saturated carbocycles. The number of aromatic carboxylic acids is 1. The minimum atomic E-state index is -1.43. The number of hydrazine groups is 2. The maximum atomic E-state index is 13.5. The summed E-state index contributed by atoms with van der Waals surface area (Å²) in [5, 5.41) is 58.7. The lowest BCUT2D eigenvalue weighted by molar-refractivity contribution is -0.150. The van der Waals surface area contributed by atoms with E-state index in [1.807, 2.05) is 0 Å². The van der Waals surface area contributed by atoms with Crippen LogP contribution in [0.5, 0.6) is 11.5 Å². The standard InChI is InChI=1S/C28H25N9O11S3/c1-10-4-17(37-16(30-10)5-35(34-37)28(46)47)49-7-11-8-50-24-19(23(41)36(24)20(11)26(44)45)32-22(40)18(14-9-51-27(29)31-14)33-48-6-13-12(25(42)43)2-3-15(38)21(13)39/h2-5,9,19,24,34,38-39H,6-8H2,1H3,(H2,29,31)(H,32,40)(H,42,43)(H,44,45)(H,46,47)/b33-18-/t19-,24-/m1/s1. The van der Waals surface area contributed by atoms with Crippen LogP contribution in [-0.2, 0) is 25.8 Å². The number of rotatable bonds is 11. The molecular formula is C28H25N9O11S3. The third-order valence-corrected chi connectivity index (χ3v) is 10.6. The molecule has 1 fully saturated rings. The van der Waals surface area contributed by atoms with Gasteiger partial charge in [-0.15, -0.1) is 40.4 Å². The van der Waals surface area contributed by atoms with Gasteiger partial charge in [-0.2, -0.15) is 5.01 Å². The number of thioether (sulfide) groups is 2. The number of carbonyl (C=O) groups is 5. The molecular weight excluding hydrogens is 735 g/mol. The molecule has 6 rings (SSSR count). The average Bonchev–Trinajstić information content (AvgIpc) is 3.71. The number of amides is 3. The van der Waals surface area contributed by atoms with Gasteiger partial charge in [0.05, 0.1) is 22.4 Å². The maximum Gasteiger partial charge on any atom is 0.427 e.